The van der Waals surface area contributed by atoms with Crippen molar-refractivity contribution in [3.8, 4) is 35.4 Å². The summed E-state index contributed by atoms with van der Waals surface area (Å²) >= 11 is 0. The van der Waals surface area contributed by atoms with E-state index in [9.17, 15) is 20.1 Å². The van der Waals surface area contributed by atoms with Crippen molar-refractivity contribution in [2.45, 2.75) is 95.4 Å². The summed E-state index contributed by atoms with van der Waals surface area (Å²) in [4.78, 5) is 19.7. The van der Waals surface area contributed by atoms with Crippen LogP contribution < -0.4 is 20.5 Å². The molecule has 4 heterocycles. The molecule has 2 bridgehead atoms. The van der Waals surface area contributed by atoms with Gasteiger partial charge < -0.3 is 35.4 Å². The van der Waals surface area contributed by atoms with E-state index < -0.39 is 30.5 Å². The number of ketones is 1. The van der Waals surface area contributed by atoms with Gasteiger partial charge in [0, 0.05) is 50.2 Å². The molecule has 56 heavy (non-hydrogen) atoms. The van der Waals surface area contributed by atoms with Gasteiger partial charge in [-0.05, 0) is 71.2 Å². The standard InChI is InChI=1S/C46H50N4O6/c1-2-7-36(51)25-38(53)26-37(52)15-11-31-12-18-43-44(22-31)56-46-32(10-6-21-55-43)14-17-42(54)39-16-13-33(45(47)48-20-19-30-8-4-3-5-9-30)23-34(39)24-35-27-49-41-29-50(46)28-40(35)41/h3-5,8-9,12-13,16,18,22-23,27-28,32,36,38,42,45-46,48,51,53-54H,2,7,10-11,15,19-20,24-26,29,47H2,1H3/t32-,36-,38+,42+,45+,46-/m0/s1. The van der Waals surface area contributed by atoms with Crippen molar-refractivity contribution in [1.29, 1.82) is 0 Å². The second-order valence-electron chi connectivity index (χ2n) is 15.0. The zero-order valence-electron chi connectivity index (χ0n) is 31.8. The van der Waals surface area contributed by atoms with Gasteiger partial charge in [-0.25, -0.2) is 0 Å². The molecule has 0 saturated carbocycles. The summed E-state index contributed by atoms with van der Waals surface area (Å²) in [5.41, 5.74) is 14.3. The Balaban J connectivity index is 1.10. The number of fused-ring (bicyclic) bond motifs is 5. The first-order chi connectivity index (χ1) is 27.2. The van der Waals surface area contributed by atoms with Gasteiger partial charge in [-0.2, -0.15) is 0 Å². The van der Waals surface area contributed by atoms with Crippen LogP contribution in [0.1, 0.15) is 85.5 Å². The molecule has 6 N–H and O–H groups in total. The topological polar surface area (TPSA) is 150 Å². The molecule has 10 heteroatoms. The van der Waals surface area contributed by atoms with Crippen LogP contribution in [0.5, 0.6) is 11.5 Å². The molecule has 10 nitrogen and oxygen atoms in total. The molecule has 0 radical (unpaired) electrons. The van der Waals surface area contributed by atoms with E-state index in [1.165, 1.54) is 5.56 Å². The van der Waals surface area contributed by atoms with Gasteiger partial charge in [0.25, 0.3) is 0 Å². The van der Waals surface area contributed by atoms with Gasteiger partial charge in [-0.1, -0.05) is 85.7 Å². The van der Waals surface area contributed by atoms with Crippen LogP contribution in [0.25, 0.3) is 0 Å². The Morgan fingerprint density at radius 3 is 2.73 bits per heavy atom. The number of aliphatic hydroxyl groups is 3. The lowest BCUT2D eigenvalue weighted by molar-refractivity contribution is -0.121. The van der Waals surface area contributed by atoms with Crippen molar-refractivity contribution < 1.29 is 29.6 Å². The Morgan fingerprint density at radius 2 is 1.89 bits per heavy atom. The number of ether oxygens (including phenoxy) is 2. The van der Waals surface area contributed by atoms with Crippen LogP contribution in [-0.2, 0) is 24.1 Å². The number of rotatable bonds is 14. The summed E-state index contributed by atoms with van der Waals surface area (Å²) < 4.78 is 12.6. The Labute approximate surface area is 329 Å². The Hall–Kier alpha value is -5.20. The number of aliphatic imine (C=N–C) groups is 1. The van der Waals surface area contributed by atoms with E-state index in [4.69, 9.17) is 20.2 Å². The highest BCUT2D eigenvalue weighted by Crippen LogP contribution is 2.37. The highest BCUT2D eigenvalue weighted by atomic mass is 16.5. The summed E-state index contributed by atoms with van der Waals surface area (Å²) in [5, 5.41) is 35.4. The quantitative estimate of drug-likeness (QED) is 0.111. The monoisotopic (exact) mass is 754 g/mol. The average Bonchev–Trinajstić information content (AvgIpc) is 3.79. The number of aryl methyl sites for hydroxylation is 1. The lowest BCUT2D eigenvalue weighted by Crippen LogP contribution is -2.41. The maximum Gasteiger partial charge on any atom is 0.187 e. The second-order valence-corrected chi connectivity index (χ2v) is 15.0. The predicted octanol–water partition coefficient (Wildman–Crippen LogP) is 5.18. The highest BCUT2D eigenvalue weighted by molar-refractivity contribution is 6.09. The fourth-order valence-corrected chi connectivity index (χ4v) is 7.65. The van der Waals surface area contributed by atoms with Gasteiger partial charge in [0.05, 0.1) is 36.5 Å². The third kappa shape index (κ3) is 9.59. The number of nitrogens with zero attached hydrogens (tertiary/aromatic N) is 2. The number of nitrogens with one attached hydrogen (secondary N) is 1. The van der Waals surface area contributed by atoms with Crippen LogP contribution in [0.15, 0.2) is 95.3 Å². The molecule has 290 valence electrons. The van der Waals surface area contributed by atoms with Gasteiger partial charge in [0.2, 0.25) is 0 Å². The minimum absolute atomic E-state index is 0.00468. The lowest BCUT2D eigenvalue weighted by atomic mass is 9.91. The normalized spacial score (nSPS) is 20.9. The molecule has 6 atom stereocenters. The number of allylic oxidation sites excluding steroid dienone is 1. The van der Waals surface area contributed by atoms with E-state index >= 15 is 0 Å². The van der Waals surface area contributed by atoms with E-state index in [-0.39, 0.29) is 31.2 Å². The molecule has 0 amide bonds. The number of hydrogen-bond acceptors (Lipinski definition) is 10. The highest BCUT2D eigenvalue weighted by Gasteiger charge is 2.36. The van der Waals surface area contributed by atoms with E-state index in [0.717, 1.165) is 52.9 Å². The van der Waals surface area contributed by atoms with Gasteiger partial charge in [0.1, 0.15) is 18.0 Å². The maximum atomic E-state index is 12.8. The number of hydrogen-bond donors (Lipinski definition) is 5. The van der Waals surface area contributed by atoms with Crippen LogP contribution in [0.3, 0.4) is 0 Å². The van der Waals surface area contributed by atoms with Crippen molar-refractivity contribution in [2.75, 3.05) is 13.1 Å². The van der Waals surface area contributed by atoms with E-state index in [0.29, 0.717) is 49.3 Å². The predicted molar refractivity (Wildman–Crippen MR) is 215 cm³/mol. The zero-order chi connectivity index (χ0) is 39.0. The van der Waals surface area contributed by atoms with Crippen LogP contribution in [0.4, 0.5) is 0 Å². The summed E-state index contributed by atoms with van der Waals surface area (Å²) in [6.07, 6.45) is 7.32. The summed E-state index contributed by atoms with van der Waals surface area (Å²) in [6.45, 7) is 3.21. The molecule has 0 spiro atoms. The van der Waals surface area contributed by atoms with E-state index in [1.807, 2.05) is 55.6 Å². The van der Waals surface area contributed by atoms with Crippen molar-refractivity contribution >= 4 is 11.5 Å². The molecule has 4 aliphatic heterocycles. The molecule has 7 rings (SSSR count). The molecule has 0 saturated heterocycles. The minimum Gasteiger partial charge on any atom is -0.465 e. The average molecular weight is 755 g/mol. The molecular weight excluding hydrogens is 705 g/mol. The first-order valence-electron chi connectivity index (χ1n) is 19.6. The smallest absolute Gasteiger partial charge is 0.187 e. The number of Topliss-reactive ketones (excluding diaryl/α,β-unsaturated/α-hetero) is 1. The molecule has 4 aliphatic rings. The molecule has 3 aromatic rings. The zero-order valence-corrected chi connectivity index (χ0v) is 31.8. The summed E-state index contributed by atoms with van der Waals surface area (Å²) in [7, 11) is 0. The lowest BCUT2D eigenvalue weighted by Gasteiger charge is -2.32. The molecule has 0 aliphatic carbocycles. The van der Waals surface area contributed by atoms with Gasteiger partial charge in [-0.15, -0.1) is 0 Å². The largest absolute Gasteiger partial charge is 0.465 e. The number of carbonyl (C=O) groups is 1. The molecule has 0 unspecified atom stereocenters. The summed E-state index contributed by atoms with van der Waals surface area (Å²) in [6, 6.07) is 21.8. The SMILES string of the molecule is CCC[C@H](O)C[C@@H](O)CC(=O)CCc1ccc2c(c1)O[C@H]1[C@H](C#C[C@@H](O)c3ccc([C@H](N)NCCc4ccccc4)cc3CC3=CN=C4CN1C=C34)CC#CO2. The van der Waals surface area contributed by atoms with Crippen molar-refractivity contribution in [3.05, 3.63) is 118 Å². The fraction of sp³-hybridized carbons (Fsp3) is 0.391. The Bertz CT molecular complexity index is 2120. The van der Waals surface area contributed by atoms with Crippen molar-refractivity contribution in [3.63, 3.8) is 0 Å². The second kappa shape index (κ2) is 18.2. The fourth-order valence-electron chi connectivity index (χ4n) is 7.65. The first-order valence-corrected chi connectivity index (χ1v) is 19.6. The van der Waals surface area contributed by atoms with Gasteiger partial charge in [-0.3, -0.25) is 15.1 Å². The number of benzene rings is 3. The molecule has 0 aromatic heterocycles. The Kier molecular flexibility index (Phi) is 12.7. The van der Waals surface area contributed by atoms with Crippen molar-refractivity contribution in [2.24, 2.45) is 16.6 Å². The van der Waals surface area contributed by atoms with E-state index in [1.54, 1.807) is 6.07 Å². The molecule has 3 aromatic carbocycles. The maximum absolute atomic E-state index is 12.8. The minimum atomic E-state index is -1.06. The van der Waals surface area contributed by atoms with E-state index in [2.05, 4.69) is 58.5 Å². The van der Waals surface area contributed by atoms with Crippen molar-refractivity contribution in [1.82, 2.24) is 10.2 Å². The van der Waals surface area contributed by atoms with Crippen LogP contribution >= 0.6 is 0 Å². The Morgan fingerprint density at radius 1 is 1.04 bits per heavy atom. The third-order valence-electron chi connectivity index (χ3n) is 10.7. The summed E-state index contributed by atoms with van der Waals surface area (Å²) in [5.74, 6) is 9.99. The van der Waals surface area contributed by atoms with Gasteiger partial charge >= 0.3 is 0 Å². The molecule has 0 fully saturated rings. The van der Waals surface area contributed by atoms with Crippen LogP contribution in [0, 0.1) is 29.8 Å². The third-order valence-corrected chi connectivity index (χ3v) is 10.7. The first kappa shape index (κ1) is 39.1. The van der Waals surface area contributed by atoms with Gasteiger partial charge in [0.15, 0.2) is 17.7 Å². The van der Waals surface area contributed by atoms with Crippen LogP contribution in [0.2, 0.25) is 0 Å². The molecular formula is C46H50N4O6. The number of carbonyl (C=O) groups excluding carboxylic acids is 1. The number of nitrogens with two attached hydrogens (primary N) is 1. The van der Waals surface area contributed by atoms with Crippen LogP contribution in [-0.4, -0.2) is 63.2 Å². The number of aliphatic hydroxyl groups excluding tert-OH is 3.